The largest absolute Gasteiger partial charge is 0.445 e. The summed E-state index contributed by atoms with van der Waals surface area (Å²) in [6, 6.07) is 9.96. The number of carbonyl (C=O) groups excluding carboxylic acids is 1. The first-order chi connectivity index (χ1) is 9.61. The van der Waals surface area contributed by atoms with Gasteiger partial charge in [0.25, 0.3) is 0 Å². The number of carbonyl (C=O) groups is 1. The summed E-state index contributed by atoms with van der Waals surface area (Å²) < 4.78 is 5.41. The third-order valence-electron chi connectivity index (χ3n) is 4.21. The molecule has 0 spiro atoms. The molecular weight excluding hydrogens is 252 g/mol. The van der Waals surface area contributed by atoms with Crippen LogP contribution < -0.4 is 5.73 Å². The molecule has 1 aromatic rings. The van der Waals surface area contributed by atoms with E-state index in [0.29, 0.717) is 25.0 Å². The molecule has 110 valence electrons. The molecule has 3 unspecified atom stereocenters. The van der Waals surface area contributed by atoms with E-state index < -0.39 is 0 Å². The predicted octanol–water partition coefficient (Wildman–Crippen LogP) is 2.63. The van der Waals surface area contributed by atoms with E-state index in [1.807, 2.05) is 35.2 Å². The lowest BCUT2D eigenvalue weighted by molar-refractivity contribution is 0.0450. The van der Waals surface area contributed by atoms with Crippen molar-refractivity contribution in [2.45, 2.75) is 32.9 Å². The highest BCUT2D eigenvalue weighted by Gasteiger charge is 2.33. The van der Waals surface area contributed by atoms with Crippen LogP contribution in [0.4, 0.5) is 4.79 Å². The van der Waals surface area contributed by atoms with Gasteiger partial charge in [0, 0.05) is 12.6 Å². The molecule has 2 rings (SSSR count). The second-order valence-electron chi connectivity index (χ2n) is 5.75. The minimum Gasteiger partial charge on any atom is -0.445 e. The fraction of sp³-hybridized carbons (Fsp3) is 0.562. The van der Waals surface area contributed by atoms with E-state index in [4.69, 9.17) is 10.5 Å². The summed E-state index contributed by atoms with van der Waals surface area (Å²) in [4.78, 5) is 14.0. The van der Waals surface area contributed by atoms with Crippen molar-refractivity contribution in [3.63, 3.8) is 0 Å². The first-order valence-corrected chi connectivity index (χ1v) is 7.29. The van der Waals surface area contributed by atoms with E-state index in [2.05, 4.69) is 13.8 Å². The van der Waals surface area contributed by atoms with Gasteiger partial charge in [-0.15, -0.1) is 0 Å². The minimum absolute atomic E-state index is 0.197. The second-order valence-corrected chi connectivity index (χ2v) is 5.75. The van der Waals surface area contributed by atoms with Gasteiger partial charge in [-0.3, -0.25) is 0 Å². The Kier molecular flexibility index (Phi) is 5.01. The van der Waals surface area contributed by atoms with Crippen molar-refractivity contribution in [1.29, 1.82) is 0 Å². The number of hydrogen-bond acceptors (Lipinski definition) is 3. The van der Waals surface area contributed by atoms with E-state index in [1.165, 1.54) is 0 Å². The first-order valence-electron chi connectivity index (χ1n) is 7.29. The average Bonchev–Trinajstić information content (AvgIpc) is 2.47. The molecule has 0 radical (unpaired) electrons. The van der Waals surface area contributed by atoms with Crippen molar-refractivity contribution in [3.8, 4) is 0 Å². The topological polar surface area (TPSA) is 55.6 Å². The highest BCUT2D eigenvalue weighted by molar-refractivity contribution is 5.68. The lowest BCUT2D eigenvalue weighted by Gasteiger charge is -2.40. The van der Waals surface area contributed by atoms with Gasteiger partial charge in [-0.05, 0) is 37.3 Å². The molecule has 1 aromatic carbocycles. The zero-order valence-corrected chi connectivity index (χ0v) is 12.3. The Bertz CT molecular complexity index is 435. The molecule has 0 bridgehead atoms. The van der Waals surface area contributed by atoms with Crippen molar-refractivity contribution >= 4 is 6.09 Å². The predicted molar refractivity (Wildman–Crippen MR) is 79.1 cm³/mol. The molecule has 20 heavy (non-hydrogen) atoms. The van der Waals surface area contributed by atoms with Crippen LogP contribution in [0.2, 0.25) is 0 Å². The summed E-state index contributed by atoms with van der Waals surface area (Å²) in [6.07, 6.45) is 0.738. The summed E-state index contributed by atoms with van der Waals surface area (Å²) in [6.45, 7) is 5.98. The zero-order chi connectivity index (χ0) is 14.5. The molecule has 1 heterocycles. The van der Waals surface area contributed by atoms with Gasteiger partial charge in [-0.1, -0.05) is 37.3 Å². The Morgan fingerprint density at radius 1 is 1.35 bits per heavy atom. The van der Waals surface area contributed by atoms with Crippen molar-refractivity contribution in [1.82, 2.24) is 4.90 Å². The van der Waals surface area contributed by atoms with Crippen molar-refractivity contribution in [2.24, 2.45) is 17.6 Å². The Morgan fingerprint density at radius 2 is 2.05 bits per heavy atom. The lowest BCUT2D eigenvalue weighted by Crippen LogP contribution is -2.49. The van der Waals surface area contributed by atoms with Crippen LogP contribution in [0.3, 0.4) is 0 Å². The van der Waals surface area contributed by atoms with Gasteiger partial charge in [-0.25, -0.2) is 4.79 Å². The van der Waals surface area contributed by atoms with Crippen molar-refractivity contribution in [2.75, 3.05) is 13.1 Å². The van der Waals surface area contributed by atoms with Crippen LogP contribution in [0, 0.1) is 11.8 Å². The molecule has 2 N–H and O–H groups in total. The molecule has 1 aliphatic rings. The highest BCUT2D eigenvalue weighted by atomic mass is 16.6. The standard InChI is InChI=1S/C16H24N2O2/c1-12-10-18(13(2)8-15(12)9-17)16(19)20-11-14-6-4-3-5-7-14/h3-7,12-13,15H,8-11,17H2,1-2H3. The number of nitrogens with zero attached hydrogens (tertiary/aromatic N) is 1. The zero-order valence-electron chi connectivity index (χ0n) is 12.3. The number of nitrogens with two attached hydrogens (primary N) is 1. The maximum absolute atomic E-state index is 12.2. The SMILES string of the molecule is CC1CN(C(=O)OCc2ccccc2)C(C)CC1CN. The van der Waals surface area contributed by atoms with Gasteiger partial charge in [0.1, 0.15) is 6.61 Å². The number of amides is 1. The van der Waals surface area contributed by atoms with Gasteiger partial charge in [-0.2, -0.15) is 0 Å². The maximum Gasteiger partial charge on any atom is 0.410 e. The van der Waals surface area contributed by atoms with E-state index in [-0.39, 0.29) is 12.1 Å². The van der Waals surface area contributed by atoms with E-state index in [1.54, 1.807) is 0 Å². The van der Waals surface area contributed by atoms with Crippen LogP contribution in [0.25, 0.3) is 0 Å². The number of benzene rings is 1. The second kappa shape index (κ2) is 6.75. The van der Waals surface area contributed by atoms with E-state index >= 15 is 0 Å². The maximum atomic E-state index is 12.2. The number of piperidine rings is 1. The lowest BCUT2D eigenvalue weighted by atomic mass is 9.84. The highest BCUT2D eigenvalue weighted by Crippen LogP contribution is 2.27. The molecule has 0 aliphatic carbocycles. The molecule has 0 aromatic heterocycles. The van der Waals surface area contributed by atoms with Crippen LogP contribution in [-0.4, -0.2) is 30.1 Å². The average molecular weight is 276 g/mol. The third kappa shape index (κ3) is 3.51. The smallest absolute Gasteiger partial charge is 0.410 e. The Hall–Kier alpha value is -1.55. The van der Waals surface area contributed by atoms with Gasteiger partial charge in [0.15, 0.2) is 0 Å². The fourth-order valence-electron chi connectivity index (χ4n) is 2.82. The van der Waals surface area contributed by atoms with E-state index in [9.17, 15) is 4.79 Å². The third-order valence-corrected chi connectivity index (χ3v) is 4.21. The van der Waals surface area contributed by atoms with Crippen LogP contribution in [0.15, 0.2) is 30.3 Å². The Labute approximate surface area is 120 Å². The Morgan fingerprint density at radius 3 is 2.70 bits per heavy atom. The summed E-state index contributed by atoms with van der Waals surface area (Å²) in [7, 11) is 0. The number of likely N-dealkylation sites (tertiary alicyclic amines) is 1. The number of hydrogen-bond donors (Lipinski definition) is 1. The van der Waals surface area contributed by atoms with E-state index in [0.717, 1.165) is 18.5 Å². The van der Waals surface area contributed by atoms with Crippen LogP contribution in [0.1, 0.15) is 25.8 Å². The van der Waals surface area contributed by atoms with Crippen LogP contribution in [0.5, 0.6) is 0 Å². The number of rotatable bonds is 3. The molecule has 1 amide bonds. The molecule has 1 saturated heterocycles. The van der Waals surface area contributed by atoms with Gasteiger partial charge in [0.2, 0.25) is 0 Å². The van der Waals surface area contributed by atoms with Crippen molar-refractivity contribution < 1.29 is 9.53 Å². The molecule has 0 saturated carbocycles. The van der Waals surface area contributed by atoms with Crippen LogP contribution >= 0.6 is 0 Å². The summed E-state index contributed by atoms with van der Waals surface area (Å²) >= 11 is 0. The molecular formula is C16H24N2O2. The van der Waals surface area contributed by atoms with Crippen molar-refractivity contribution in [3.05, 3.63) is 35.9 Å². The monoisotopic (exact) mass is 276 g/mol. The summed E-state index contributed by atoms with van der Waals surface area (Å²) in [5, 5.41) is 0. The molecule has 1 fully saturated rings. The van der Waals surface area contributed by atoms with Gasteiger partial charge < -0.3 is 15.4 Å². The molecule has 1 aliphatic heterocycles. The first kappa shape index (κ1) is 14.9. The summed E-state index contributed by atoms with van der Waals surface area (Å²) in [5.41, 5.74) is 6.79. The quantitative estimate of drug-likeness (QED) is 0.923. The molecule has 4 nitrogen and oxygen atoms in total. The minimum atomic E-state index is -0.219. The van der Waals surface area contributed by atoms with Gasteiger partial charge >= 0.3 is 6.09 Å². The molecule has 3 atom stereocenters. The Balaban J connectivity index is 1.89. The van der Waals surface area contributed by atoms with Gasteiger partial charge in [0.05, 0.1) is 0 Å². The fourth-order valence-corrected chi connectivity index (χ4v) is 2.82. The molecule has 4 heteroatoms. The summed E-state index contributed by atoms with van der Waals surface area (Å²) in [5.74, 6) is 0.934. The van der Waals surface area contributed by atoms with Crippen LogP contribution in [-0.2, 0) is 11.3 Å². The normalized spacial score (nSPS) is 26.4. The number of ether oxygens (including phenoxy) is 1.